The van der Waals surface area contributed by atoms with E-state index in [-0.39, 0.29) is 18.2 Å². The zero-order valence-electron chi connectivity index (χ0n) is 24.7. The Labute approximate surface area is 258 Å². The first kappa shape index (κ1) is 31.2. The average molecular weight is 624 g/mol. The van der Waals surface area contributed by atoms with Crippen molar-refractivity contribution in [2.45, 2.75) is 31.3 Å². The van der Waals surface area contributed by atoms with Gasteiger partial charge in [0.25, 0.3) is 11.3 Å². The van der Waals surface area contributed by atoms with Crippen molar-refractivity contribution in [2.24, 2.45) is 5.73 Å². The highest BCUT2D eigenvalue weighted by molar-refractivity contribution is 7.80. The first-order valence-corrected chi connectivity index (χ1v) is 15.4. The lowest BCUT2D eigenvalue weighted by Crippen LogP contribution is -2.60. The van der Waals surface area contributed by atoms with Gasteiger partial charge in [-0.25, -0.2) is 4.21 Å². The quantitative estimate of drug-likeness (QED) is 0.177. The molecule has 44 heavy (non-hydrogen) atoms. The number of hydrogen-bond acceptors (Lipinski definition) is 7. The van der Waals surface area contributed by atoms with Crippen molar-refractivity contribution < 1.29 is 32.6 Å². The summed E-state index contributed by atoms with van der Waals surface area (Å²) >= 11 is -2.53. The predicted octanol–water partition coefficient (Wildman–Crippen LogP) is 2.55. The number of nitrogens with zero attached hydrogens (tertiary/aromatic N) is 3. The summed E-state index contributed by atoms with van der Waals surface area (Å²) in [6, 6.07) is 14.1. The fourth-order valence-electron chi connectivity index (χ4n) is 5.85. The second-order valence-corrected chi connectivity index (χ2v) is 11.6. The van der Waals surface area contributed by atoms with Crippen LogP contribution in [0.3, 0.4) is 0 Å². The fraction of sp³-hybridized carbons (Fsp3) is 0.387. The molecule has 3 aromatic carbocycles. The van der Waals surface area contributed by atoms with Crippen molar-refractivity contribution in [3.63, 3.8) is 0 Å². The number of piperidine rings is 1. The molecule has 4 N–H and O–H groups in total. The standard InChI is InChI=1S/C31H37N5O7S/c1-41-27-18-22-9-10-24(17-23(22)19-28(27)42-2)36(44(39)40)25-4-3-11-35(31(25)38)26(30(37)34-12-14-43-15-13-34)16-20-5-7-21(8-6-20)29(32)33/h5-10,17-19,25-26H,3-4,11-16H2,1-2H3,(H3,32,33)(H,39,40). The highest BCUT2D eigenvalue weighted by Gasteiger charge is 2.42. The van der Waals surface area contributed by atoms with Gasteiger partial charge in [-0.05, 0) is 53.4 Å². The molecule has 2 amide bonds. The van der Waals surface area contributed by atoms with Crippen LogP contribution in [0.4, 0.5) is 5.69 Å². The van der Waals surface area contributed by atoms with E-state index in [4.69, 9.17) is 25.4 Å². The number of morpholine rings is 1. The van der Waals surface area contributed by atoms with Crippen LogP contribution in [0.5, 0.6) is 11.5 Å². The van der Waals surface area contributed by atoms with Crippen molar-refractivity contribution in [1.29, 1.82) is 5.41 Å². The second kappa shape index (κ2) is 13.6. The first-order chi connectivity index (χ1) is 21.2. The normalized spacial score (nSPS) is 18.5. The number of amidine groups is 1. The zero-order valence-corrected chi connectivity index (χ0v) is 25.5. The summed E-state index contributed by atoms with van der Waals surface area (Å²) in [6.45, 7) is 2.00. The summed E-state index contributed by atoms with van der Waals surface area (Å²) in [6.07, 6.45) is 1.13. The molecule has 0 bridgehead atoms. The van der Waals surface area contributed by atoms with Gasteiger partial charge in [0.1, 0.15) is 17.9 Å². The lowest BCUT2D eigenvalue weighted by molar-refractivity contribution is -0.150. The number of carbonyl (C=O) groups is 2. The minimum absolute atomic E-state index is 0.0603. The summed E-state index contributed by atoms with van der Waals surface area (Å²) in [5.41, 5.74) is 7.37. The largest absolute Gasteiger partial charge is 0.493 e. The maximum absolute atomic E-state index is 14.2. The molecule has 2 aliphatic rings. The van der Waals surface area contributed by atoms with E-state index in [1.807, 2.05) is 6.07 Å². The van der Waals surface area contributed by atoms with Crippen LogP contribution in [0.2, 0.25) is 0 Å². The van der Waals surface area contributed by atoms with Crippen molar-refractivity contribution >= 4 is 45.4 Å². The van der Waals surface area contributed by atoms with Crippen LogP contribution < -0.4 is 19.5 Å². The number of nitrogens with two attached hydrogens (primary N) is 1. The van der Waals surface area contributed by atoms with E-state index in [1.54, 1.807) is 65.4 Å². The number of likely N-dealkylation sites (tertiary alicyclic amines) is 1. The van der Waals surface area contributed by atoms with E-state index in [9.17, 15) is 18.4 Å². The summed E-state index contributed by atoms with van der Waals surface area (Å²) in [7, 11) is 3.08. The van der Waals surface area contributed by atoms with E-state index in [0.717, 1.165) is 16.3 Å². The van der Waals surface area contributed by atoms with E-state index in [1.165, 1.54) is 11.4 Å². The highest BCUT2D eigenvalue weighted by Crippen LogP contribution is 2.35. The molecule has 0 aliphatic carbocycles. The summed E-state index contributed by atoms with van der Waals surface area (Å²) in [4.78, 5) is 31.4. The molecule has 12 nitrogen and oxygen atoms in total. The number of methoxy groups -OCH3 is 2. The van der Waals surface area contributed by atoms with Crippen LogP contribution in [-0.2, 0) is 32.0 Å². The smallest absolute Gasteiger partial charge is 0.262 e. The Morgan fingerprint density at radius 1 is 1.07 bits per heavy atom. The average Bonchev–Trinajstić information content (AvgIpc) is 3.04. The van der Waals surface area contributed by atoms with Crippen molar-refractivity contribution in [2.75, 3.05) is 51.4 Å². The molecule has 0 spiro atoms. The van der Waals surface area contributed by atoms with Gasteiger partial charge >= 0.3 is 0 Å². The third kappa shape index (κ3) is 6.49. The van der Waals surface area contributed by atoms with Crippen LogP contribution >= 0.6 is 0 Å². The molecule has 234 valence electrons. The van der Waals surface area contributed by atoms with Gasteiger partial charge in [0, 0.05) is 31.6 Å². The van der Waals surface area contributed by atoms with Gasteiger partial charge in [-0.3, -0.25) is 23.9 Å². The fourth-order valence-corrected chi connectivity index (χ4v) is 6.56. The van der Waals surface area contributed by atoms with E-state index >= 15 is 0 Å². The molecule has 3 unspecified atom stereocenters. The summed E-state index contributed by atoms with van der Waals surface area (Å²) in [5, 5.41) is 9.25. The number of nitrogen functional groups attached to an aromatic ring is 1. The molecule has 2 saturated heterocycles. The van der Waals surface area contributed by atoms with Crippen LogP contribution in [-0.4, -0.2) is 95.4 Å². The predicted molar refractivity (Wildman–Crippen MR) is 167 cm³/mol. The Bertz CT molecular complexity index is 1560. The number of fused-ring (bicyclic) bond motifs is 1. The van der Waals surface area contributed by atoms with Crippen LogP contribution in [0.25, 0.3) is 10.8 Å². The molecule has 3 atom stereocenters. The van der Waals surface area contributed by atoms with Crippen LogP contribution in [0.15, 0.2) is 54.6 Å². The molecule has 3 aromatic rings. The summed E-state index contributed by atoms with van der Waals surface area (Å²) in [5.74, 6) is 0.421. The molecule has 2 aliphatic heterocycles. The Hall–Kier alpha value is -4.20. The molecule has 2 fully saturated rings. The third-order valence-corrected chi connectivity index (χ3v) is 8.96. The van der Waals surface area contributed by atoms with Crippen molar-refractivity contribution in [1.82, 2.24) is 9.80 Å². The maximum atomic E-state index is 14.2. The van der Waals surface area contributed by atoms with Crippen molar-refractivity contribution in [3.8, 4) is 11.5 Å². The number of carbonyl (C=O) groups excluding carboxylic acids is 2. The molecule has 0 saturated carbocycles. The Balaban J connectivity index is 1.47. The lowest BCUT2D eigenvalue weighted by Gasteiger charge is -2.42. The van der Waals surface area contributed by atoms with Gasteiger partial charge in [0.2, 0.25) is 11.8 Å². The van der Waals surface area contributed by atoms with Gasteiger partial charge in [-0.15, -0.1) is 0 Å². The van der Waals surface area contributed by atoms with Gasteiger partial charge in [-0.2, -0.15) is 0 Å². The van der Waals surface area contributed by atoms with E-state index < -0.39 is 29.3 Å². The molecule has 2 heterocycles. The van der Waals surface area contributed by atoms with Gasteiger partial charge < -0.3 is 29.7 Å². The minimum atomic E-state index is -2.53. The molecule has 13 heteroatoms. The van der Waals surface area contributed by atoms with Gasteiger partial charge in [-0.1, -0.05) is 30.3 Å². The molecule has 0 aromatic heterocycles. The topological polar surface area (TPSA) is 159 Å². The Kier molecular flexibility index (Phi) is 9.67. The van der Waals surface area contributed by atoms with Crippen molar-refractivity contribution in [3.05, 3.63) is 65.7 Å². The van der Waals surface area contributed by atoms with Gasteiger partial charge in [0.05, 0.1) is 33.1 Å². The minimum Gasteiger partial charge on any atom is -0.493 e. The zero-order chi connectivity index (χ0) is 31.4. The van der Waals surface area contributed by atoms with Crippen LogP contribution in [0, 0.1) is 5.41 Å². The van der Waals surface area contributed by atoms with Crippen LogP contribution in [0.1, 0.15) is 24.0 Å². The monoisotopic (exact) mass is 623 g/mol. The van der Waals surface area contributed by atoms with E-state index in [2.05, 4.69) is 0 Å². The highest BCUT2D eigenvalue weighted by atomic mass is 32.2. The Morgan fingerprint density at radius 3 is 2.34 bits per heavy atom. The maximum Gasteiger partial charge on any atom is 0.262 e. The van der Waals surface area contributed by atoms with E-state index in [0.29, 0.717) is 68.4 Å². The third-order valence-electron chi connectivity index (χ3n) is 8.15. The number of nitrogens with one attached hydrogen (secondary N) is 1. The van der Waals surface area contributed by atoms with Gasteiger partial charge in [0.15, 0.2) is 11.5 Å². The molecular weight excluding hydrogens is 586 g/mol. The number of anilines is 1. The second-order valence-electron chi connectivity index (χ2n) is 10.8. The molecule has 5 rings (SSSR count). The molecular formula is C31H37N5O7S. The number of ether oxygens (including phenoxy) is 3. The summed E-state index contributed by atoms with van der Waals surface area (Å²) < 4.78 is 40.8. The lowest BCUT2D eigenvalue weighted by atomic mass is 9.96. The Morgan fingerprint density at radius 2 is 1.73 bits per heavy atom. The number of benzene rings is 3. The number of hydrogen-bond donors (Lipinski definition) is 3. The first-order valence-electron chi connectivity index (χ1n) is 14.4. The SMILES string of the molecule is COc1cc2ccc(N(C3CCCN(C(Cc4ccc(C(=N)N)cc4)C(=O)N4CCOCC4)C3=O)S(=O)O)cc2cc1OC. The number of rotatable bonds is 10. The number of amides is 2. The molecule has 0 radical (unpaired) electrons.